The molecule has 1 aliphatic carbocycles. The van der Waals surface area contributed by atoms with Crippen LogP contribution in [-0.2, 0) is 0 Å². The maximum Gasteiger partial charge on any atom is 0.0731 e. The highest BCUT2D eigenvalue weighted by atomic mass is 32.2. The molecule has 0 aromatic carbocycles. The van der Waals surface area contributed by atoms with Crippen molar-refractivity contribution in [2.75, 3.05) is 18.1 Å². The molecule has 100 valence electrons. The second-order valence-corrected chi connectivity index (χ2v) is 7.66. The molecule has 1 aliphatic heterocycles. The molecule has 1 heterocycles. The average molecular weight is 258 g/mol. The van der Waals surface area contributed by atoms with Crippen molar-refractivity contribution < 1.29 is 10.2 Å². The van der Waals surface area contributed by atoms with Gasteiger partial charge >= 0.3 is 0 Å². The van der Waals surface area contributed by atoms with E-state index >= 15 is 0 Å². The maximum atomic E-state index is 11.1. The Bertz CT molecular complexity index is 251. The molecule has 2 fully saturated rings. The Morgan fingerprint density at radius 1 is 1.12 bits per heavy atom. The highest BCUT2D eigenvalue weighted by Crippen LogP contribution is 2.52. The van der Waals surface area contributed by atoms with Crippen LogP contribution in [0.2, 0.25) is 0 Å². The first kappa shape index (κ1) is 13.7. The first-order valence-electron chi connectivity index (χ1n) is 6.92. The zero-order valence-corrected chi connectivity index (χ0v) is 11.9. The van der Waals surface area contributed by atoms with Gasteiger partial charge in [0.1, 0.15) is 0 Å². The van der Waals surface area contributed by atoms with Gasteiger partial charge in [-0.15, -0.1) is 0 Å². The smallest absolute Gasteiger partial charge is 0.0731 e. The van der Waals surface area contributed by atoms with Crippen LogP contribution >= 0.6 is 11.8 Å². The van der Waals surface area contributed by atoms with Crippen LogP contribution in [-0.4, -0.2) is 33.9 Å². The van der Waals surface area contributed by atoms with E-state index in [1.807, 2.05) is 11.8 Å². The summed E-state index contributed by atoms with van der Waals surface area (Å²) in [7, 11) is 0. The molecular formula is C14H26O2S. The van der Waals surface area contributed by atoms with E-state index in [0.717, 1.165) is 37.2 Å². The number of thioether (sulfide) groups is 1. The second kappa shape index (κ2) is 5.10. The summed E-state index contributed by atoms with van der Waals surface area (Å²) in [5, 5.41) is 21.0. The Labute approximate surface area is 109 Å². The fraction of sp³-hybridized carbons (Fsp3) is 1.00. The van der Waals surface area contributed by atoms with E-state index in [9.17, 15) is 10.2 Å². The summed E-state index contributed by atoms with van der Waals surface area (Å²) < 4.78 is 0. The van der Waals surface area contributed by atoms with Crippen molar-refractivity contribution in [1.82, 2.24) is 0 Å². The lowest BCUT2D eigenvalue weighted by Crippen LogP contribution is -2.56. The first-order valence-corrected chi connectivity index (χ1v) is 8.08. The van der Waals surface area contributed by atoms with E-state index in [4.69, 9.17) is 0 Å². The second-order valence-electron chi connectivity index (χ2n) is 6.44. The van der Waals surface area contributed by atoms with Gasteiger partial charge in [-0.05, 0) is 55.4 Å². The summed E-state index contributed by atoms with van der Waals surface area (Å²) in [5.41, 5.74) is -0.846. The SMILES string of the molecule is CC1CC(C)CC(O)(C2(CO)CCSCC2)C1. The Morgan fingerprint density at radius 2 is 1.65 bits per heavy atom. The third-order valence-electron chi connectivity index (χ3n) is 4.92. The van der Waals surface area contributed by atoms with Crippen LogP contribution in [0.25, 0.3) is 0 Å². The quantitative estimate of drug-likeness (QED) is 0.800. The van der Waals surface area contributed by atoms with Crippen molar-refractivity contribution in [2.24, 2.45) is 17.3 Å². The average Bonchev–Trinajstić information content (AvgIpc) is 2.28. The van der Waals surface area contributed by atoms with Gasteiger partial charge in [0.05, 0.1) is 12.2 Å². The van der Waals surface area contributed by atoms with E-state index in [1.54, 1.807) is 0 Å². The van der Waals surface area contributed by atoms with Crippen molar-refractivity contribution in [1.29, 1.82) is 0 Å². The largest absolute Gasteiger partial charge is 0.396 e. The minimum absolute atomic E-state index is 0.156. The molecule has 2 N–H and O–H groups in total. The standard InChI is InChI=1S/C14H26O2S/c1-11-7-12(2)9-14(16,8-11)13(10-15)3-5-17-6-4-13/h11-12,15-16H,3-10H2,1-2H3. The normalized spacial score (nSPS) is 42.4. The summed E-state index contributed by atoms with van der Waals surface area (Å²) in [6, 6.07) is 0. The van der Waals surface area contributed by atoms with Crippen LogP contribution < -0.4 is 0 Å². The van der Waals surface area contributed by atoms with Crippen LogP contribution in [0.3, 0.4) is 0 Å². The molecule has 0 amide bonds. The molecule has 2 unspecified atom stereocenters. The van der Waals surface area contributed by atoms with Gasteiger partial charge in [0, 0.05) is 5.41 Å². The van der Waals surface area contributed by atoms with Gasteiger partial charge < -0.3 is 10.2 Å². The predicted octanol–water partition coefficient (Wildman–Crippen LogP) is 2.68. The van der Waals surface area contributed by atoms with Gasteiger partial charge in [-0.3, -0.25) is 0 Å². The lowest BCUT2D eigenvalue weighted by Gasteiger charge is -2.53. The number of rotatable bonds is 2. The molecule has 0 bridgehead atoms. The first-order chi connectivity index (χ1) is 8.01. The van der Waals surface area contributed by atoms with Gasteiger partial charge in [0.15, 0.2) is 0 Å². The number of hydrogen-bond acceptors (Lipinski definition) is 3. The lowest BCUT2D eigenvalue weighted by molar-refractivity contribution is -0.153. The highest BCUT2D eigenvalue weighted by molar-refractivity contribution is 7.99. The van der Waals surface area contributed by atoms with Crippen LogP contribution in [0, 0.1) is 17.3 Å². The van der Waals surface area contributed by atoms with Gasteiger partial charge in [-0.25, -0.2) is 0 Å². The summed E-state index contributed by atoms with van der Waals surface area (Å²) in [6.45, 7) is 4.63. The number of hydrogen-bond donors (Lipinski definition) is 2. The Kier molecular flexibility index (Phi) is 4.11. The Balaban J connectivity index is 2.21. The zero-order chi connectivity index (χ0) is 12.5. The van der Waals surface area contributed by atoms with Crippen LogP contribution in [0.15, 0.2) is 0 Å². The lowest BCUT2D eigenvalue weighted by atomic mass is 9.58. The van der Waals surface area contributed by atoms with Crippen molar-refractivity contribution in [3.8, 4) is 0 Å². The maximum absolute atomic E-state index is 11.1. The minimum atomic E-state index is -0.625. The van der Waals surface area contributed by atoms with E-state index in [2.05, 4.69) is 13.8 Å². The van der Waals surface area contributed by atoms with Gasteiger partial charge in [-0.2, -0.15) is 11.8 Å². The van der Waals surface area contributed by atoms with Crippen LogP contribution in [0.5, 0.6) is 0 Å². The molecule has 0 aromatic rings. The van der Waals surface area contributed by atoms with Crippen molar-refractivity contribution in [3.63, 3.8) is 0 Å². The van der Waals surface area contributed by atoms with Crippen molar-refractivity contribution in [3.05, 3.63) is 0 Å². The molecule has 3 heteroatoms. The highest BCUT2D eigenvalue weighted by Gasteiger charge is 2.52. The van der Waals surface area contributed by atoms with Gasteiger partial charge in [0.25, 0.3) is 0 Å². The minimum Gasteiger partial charge on any atom is -0.396 e. The molecule has 1 saturated heterocycles. The van der Waals surface area contributed by atoms with Crippen molar-refractivity contribution >= 4 is 11.8 Å². The molecule has 2 nitrogen and oxygen atoms in total. The molecule has 2 rings (SSSR count). The topological polar surface area (TPSA) is 40.5 Å². The number of aliphatic hydroxyl groups is 2. The molecule has 1 saturated carbocycles. The van der Waals surface area contributed by atoms with E-state index < -0.39 is 5.60 Å². The Hall–Kier alpha value is 0.270. The fourth-order valence-corrected chi connectivity index (χ4v) is 5.33. The van der Waals surface area contributed by atoms with Crippen molar-refractivity contribution in [2.45, 2.75) is 51.6 Å². The third kappa shape index (κ3) is 2.52. The summed E-state index contributed by atoms with van der Waals surface area (Å²) in [5.74, 6) is 3.35. The summed E-state index contributed by atoms with van der Waals surface area (Å²) in [6.07, 6.45) is 4.93. The molecule has 2 atom stereocenters. The molecule has 0 radical (unpaired) electrons. The predicted molar refractivity (Wildman–Crippen MR) is 73.2 cm³/mol. The Morgan fingerprint density at radius 3 is 2.12 bits per heavy atom. The molecular weight excluding hydrogens is 232 g/mol. The number of aliphatic hydroxyl groups excluding tert-OH is 1. The molecule has 2 aliphatic rings. The molecule has 0 aromatic heterocycles. The molecule has 17 heavy (non-hydrogen) atoms. The third-order valence-corrected chi connectivity index (χ3v) is 5.90. The summed E-state index contributed by atoms with van der Waals surface area (Å²) in [4.78, 5) is 0. The summed E-state index contributed by atoms with van der Waals surface area (Å²) >= 11 is 1.95. The zero-order valence-electron chi connectivity index (χ0n) is 11.1. The monoisotopic (exact) mass is 258 g/mol. The van der Waals surface area contributed by atoms with E-state index in [1.165, 1.54) is 6.42 Å². The van der Waals surface area contributed by atoms with E-state index in [0.29, 0.717) is 11.8 Å². The van der Waals surface area contributed by atoms with Gasteiger partial charge in [-0.1, -0.05) is 13.8 Å². The van der Waals surface area contributed by atoms with Crippen LogP contribution in [0.1, 0.15) is 46.0 Å². The van der Waals surface area contributed by atoms with Crippen LogP contribution in [0.4, 0.5) is 0 Å². The van der Waals surface area contributed by atoms with E-state index in [-0.39, 0.29) is 12.0 Å². The molecule has 0 spiro atoms. The van der Waals surface area contributed by atoms with Gasteiger partial charge in [0.2, 0.25) is 0 Å². The fourth-order valence-electron chi connectivity index (χ4n) is 4.06.